The largest absolute Gasteiger partial charge is 0.355 e. The Hall–Kier alpha value is -2.21. The molecular weight excluding hydrogens is 331 g/mol. The molecule has 1 unspecified atom stereocenters. The molecule has 5 nitrogen and oxygen atoms in total. The molecule has 2 aromatic rings. The van der Waals surface area contributed by atoms with E-state index in [-0.39, 0.29) is 17.6 Å². The zero-order valence-corrected chi connectivity index (χ0v) is 15.1. The van der Waals surface area contributed by atoms with Crippen LogP contribution in [0, 0.1) is 11.7 Å². The Morgan fingerprint density at radius 2 is 2.08 bits per heavy atom. The minimum absolute atomic E-state index is 0.0885. The van der Waals surface area contributed by atoms with Crippen molar-refractivity contribution in [3.63, 3.8) is 0 Å². The van der Waals surface area contributed by atoms with Crippen LogP contribution in [0.3, 0.4) is 0 Å². The molecule has 0 saturated heterocycles. The standard InChI is InChI=1S/C20H25FN4O/c1-24-13-23-18-12-25(10-15-5-7-16(21)8-6-15)11-17(19(18)24)20(26)22-9-14-3-2-4-14/h5-8,13-14,17H,2-4,9-12H2,1H3,(H,22,26). The number of hydrogen-bond acceptors (Lipinski definition) is 3. The van der Waals surface area contributed by atoms with Gasteiger partial charge in [-0.25, -0.2) is 9.37 Å². The fourth-order valence-corrected chi connectivity index (χ4v) is 3.92. The SMILES string of the molecule is Cn1cnc2c1C(C(=O)NCC1CCC1)CN(Cc1ccc(F)cc1)C2. The number of aryl methyl sites for hydroxylation is 1. The predicted octanol–water partition coefficient (Wildman–Crippen LogP) is 2.57. The maximum atomic E-state index is 13.1. The molecule has 1 fully saturated rings. The molecule has 4 rings (SSSR count). The highest BCUT2D eigenvalue weighted by molar-refractivity contribution is 5.84. The van der Waals surface area contributed by atoms with Crippen molar-refractivity contribution in [3.8, 4) is 0 Å². The van der Waals surface area contributed by atoms with Crippen molar-refractivity contribution in [2.45, 2.75) is 38.3 Å². The van der Waals surface area contributed by atoms with Gasteiger partial charge in [-0.05, 0) is 36.5 Å². The molecule has 1 aromatic carbocycles. The van der Waals surface area contributed by atoms with E-state index in [9.17, 15) is 9.18 Å². The van der Waals surface area contributed by atoms with Gasteiger partial charge in [0.2, 0.25) is 5.91 Å². The molecule has 6 heteroatoms. The van der Waals surface area contributed by atoms with Gasteiger partial charge in [0.15, 0.2) is 0 Å². The van der Waals surface area contributed by atoms with Crippen LogP contribution >= 0.6 is 0 Å². The summed E-state index contributed by atoms with van der Waals surface area (Å²) in [5, 5.41) is 3.15. The van der Waals surface area contributed by atoms with Crippen molar-refractivity contribution < 1.29 is 9.18 Å². The monoisotopic (exact) mass is 356 g/mol. The van der Waals surface area contributed by atoms with E-state index in [2.05, 4.69) is 15.2 Å². The Bertz CT molecular complexity index is 782. The van der Waals surface area contributed by atoms with Gasteiger partial charge in [0.05, 0.1) is 23.6 Å². The zero-order valence-electron chi connectivity index (χ0n) is 15.1. The normalized spacial score (nSPS) is 20.5. The number of benzene rings is 1. The number of carbonyl (C=O) groups excluding carboxylic acids is 1. The molecule has 26 heavy (non-hydrogen) atoms. The number of imidazole rings is 1. The van der Waals surface area contributed by atoms with Crippen molar-refractivity contribution in [3.05, 3.63) is 53.4 Å². The molecule has 0 spiro atoms. The first-order valence-corrected chi connectivity index (χ1v) is 9.34. The quantitative estimate of drug-likeness (QED) is 0.896. The number of nitrogens with one attached hydrogen (secondary N) is 1. The third kappa shape index (κ3) is 3.51. The van der Waals surface area contributed by atoms with E-state index in [0.717, 1.165) is 23.5 Å². The third-order valence-electron chi connectivity index (χ3n) is 5.63. The molecule has 1 saturated carbocycles. The van der Waals surface area contributed by atoms with Crippen LogP contribution in [0.25, 0.3) is 0 Å². The maximum absolute atomic E-state index is 13.1. The number of carbonyl (C=O) groups is 1. The van der Waals surface area contributed by atoms with E-state index in [1.165, 1.54) is 31.4 Å². The minimum atomic E-state index is -0.229. The van der Waals surface area contributed by atoms with Gasteiger partial charge < -0.3 is 9.88 Å². The highest BCUT2D eigenvalue weighted by Crippen LogP contribution is 2.29. The van der Waals surface area contributed by atoms with Crippen LogP contribution in [0.15, 0.2) is 30.6 Å². The number of aromatic nitrogens is 2. The van der Waals surface area contributed by atoms with E-state index in [1.807, 2.05) is 11.6 Å². The minimum Gasteiger partial charge on any atom is -0.355 e. The summed E-state index contributed by atoms with van der Waals surface area (Å²) in [5.74, 6) is 0.286. The summed E-state index contributed by atoms with van der Waals surface area (Å²) in [5.41, 5.74) is 3.02. The third-order valence-corrected chi connectivity index (χ3v) is 5.63. The van der Waals surface area contributed by atoms with E-state index in [0.29, 0.717) is 25.6 Å². The molecule has 1 aromatic heterocycles. The summed E-state index contributed by atoms with van der Waals surface area (Å²) in [6.45, 7) is 2.82. The number of rotatable bonds is 5. The van der Waals surface area contributed by atoms with Crippen LogP contribution in [0.2, 0.25) is 0 Å². The first kappa shape index (κ1) is 17.2. The second-order valence-electron chi connectivity index (χ2n) is 7.58. The second-order valence-corrected chi connectivity index (χ2v) is 7.58. The molecular formula is C20H25FN4O. The smallest absolute Gasteiger partial charge is 0.230 e. The van der Waals surface area contributed by atoms with Crippen molar-refractivity contribution >= 4 is 5.91 Å². The molecule has 1 N–H and O–H groups in total. The lowest BCUT2D eigenvalue weighted by Crippen LogP contribution is -2.43. The first-order valence-electron chi connectivity index (χ1n) is 9.34. The van der Waals surface area contributed by atoms with Crippen LogP contribution in [0.5, 0.6) is 0 Å². The van der Waals surface area contributed by atoms with E-state index in [1.54, 1.807) is 18.5 Å². The van der Waals surface area contributed by atoms with Gasteiger partial charge >= 0.3 is 0 Å². The summed E-state index contributed by atoms with van der Waals surface area (Å²) in [6, 6.07) is 6.56. The van der Waals surface area contributed by atoms with Gasteiger partial charge in [0.1, 0.15) is 5.82 Å². The van der Waals surface area contributed by atoms with Gasteiger partial charge in [-0.15, -0.1) is 0 Å². The molecule has 2 aliphatic rings. The lowest BCUT2D eigenvalue weighted by Gasteiger charge is -2.33. The van der Waals surface area contributed by atoms with E-state index in [4.69, 9.17) is 0 Å². The van der Waals surface area contributed by atoms with E-state index >= 15 is 0 Å². The van der Waals surface area contributed by atoms with Gasteiger partial charge in [-0.3, -0.25) is 9.69 Å². The van der Waals surface area contributed by atoms with E-state index < -0.39 is 0 Å². The molecule has 0 bridgehead atoms. The van der Waals surface area contributed by atoms with Crippen LogP contribution in [0.1, 0.15) is 42.1 Å². The maximum Gasteiger partial charge on any atom is 0.230 e. The van der Waals surface area contributed by atoms with Crippen LogP contribution in [0.4, 0.5) is 4.39 Å². The molecule has 2 heterocycles. The fourth-order valence-electron chi connectivity index (χ4n) is 3.92. The Labute approximate surface area is 153 Å². The molecule has 1 aliphatic carbocycles. The van der Waals surface area contributed by atoms with Crippen molar-refractivity contribution in [1.29, 1.82) is 0 Å². The van der Waals surface area contributed by atoms with Gasteiger partial charge in [0.25, 0.3) is 0 Å². The number of fused-ring (bicyclic) bond motifs is 1. The number of hydrogen-bond donors (Lipinski definition) is 1. The summed E-state index contributed by atoms with van der Waals surface area (Å²) in [6.07, 6.45) is 5.51. The second kappa shape index (κ2) is 7.19. The van der Waals surface area contributed by atoms with Crippen LogP contribution in [-0.2, 0) is 24.9 Å². The van der Waals surface area contributed by atoms with Crippen molar-refractivity contribution in [2.75, 3.05) is 13.1 Å². The first-order chi connectivity index (χ1) is 12.6. The zero-order chi connectivity index (χ0) is 18.1. The molecule has 1 aliphatic heterocycles. The molecule has 0 radical (unpaired) electrons. The number of halogens is 1. The topological polar surface area (TPSA) is 50.2 Å². The molecule has 138 valence electrons. The lowest BCUT2D eigenvalue weighted by atomic mass is 9.85. The highest BCUT2D eigenvalue weighted by atomic mass is 19.1. The molecule has 1 amide bonds. The molecule has 1 atom stereocenters. The highest BCUT2D eigenvalue weighted by Gasteiger charge is 2.34. The Kier molecular flexibility index (Phi) is 4.76. The number of nitrogens with zero attached hydrogens (tertiary/aromatic N) is 3. The van der Waals surface area contributed by atoms with Crippen LogP contribution < -0.4 is 5.32 Å². The summed E-state index contributed by atoms with van der Waals surface area (Å²) in [7, 11) is 1.95. The van der Waals surface area contributed by atoms with Gasteiger partial charge in [-0.2, -0.15) is 0 Å². The Morgan fingerprint density at radius 3 is 2.77 bits per heavy atom. The number of amides is 1. The van der Waals surface area contributed by atoms with Crippen molar-refractivity contribution in [1.82, 2.24) is 19.8 Å². The summed E-state index contributed by atoms with van der Waals surface area (Å²) >= 11 is 0. The summed E-state index contributed by atoms with van der Waals surface area (Å²) < 4.78 is 15.1. The fraction of sp³-hybridized carbons (Fsp3) is 0.500. The average molecular weight is 356 g/mol. The average Bonchev–Trinajstić information content (AvgIpc) is 2.96. The van der Waals surface area contributed by atoms with Crippen LogP contribution in [-0.4, -0.2) is 33.4 Å². The van der Waals surface area contributed by atoms with Gasteiger partial charge in [0, 0.05) is 33.2 Å². The Morgan fingerprint density at radius 1 is 1.31 bits per heavy atom. The summed E-state index contributed by atoms with van der Waals surface area (Å²) in [4.78, 5) is 19.6. The Balaban J connectivity index is 1.49. The van der Waals surface area contributed by atoms with Crippen molar-refractivity contribution in [2.24, 2.45) is 13.0 Å². The lowest BCUT2D eigenvalue weighted by molar-refractivity contribution is -0.123. The van der Waals surface area contributed by atoms with Gasteiger partial charge in [-0.1, -0.05) is 18.6 Å². The predicted molar refractivity (Wildman–Crippen MR) is 96.8 cm³/mol.